The molecule has 2 N–H and O–H groups in total. The van der Waals surface area contributed by atoms with Crippen molar-refractivity contribution in [3.8, 4) is 0 Å². The van der Waals surface area contributed by atoms with Gasteiger partial charge in [0.1, 0.15) is 0 Å². The average Bonchev–Trinajstić information content (AvgIpc) is 2.62. The summed E-state index contributed by atoms with van der Waals surface area (Å²) in [5.74, 6) is 1.20. The first-order chi connectivity index (χ1) is 11.7. The Morgan fingerprint density at radius 2 is 1.25 bits per heavy atom. The van der Waals surface area contributed by atoms with E-state index in [1.165, 1.54) is 0 Å². The quantitative estimate of drug-likeness (QED) is 0.612. The zero-order valence-electron chi connectivity index (χ0n) is 14.4. The smallest absolute Gasteiger partial charge is 0.176 e. The first-order valence-electron chi connectivity index (χ1n) is 7.75. The molecule has 0 amide bonds. The summed E-state index contributed by atoms with van der Waals surface area (Å²) in [6.45, 7) is 7.89. The minimum Gasteiger partial charge on any atom is -0.259 e. The third kappa shape index (κ3) is 4.49. The first-order valence-corrected chi connectivity index (χ1v) is 7.75. The van der Waals surface area contributed by atoms with Crippen molar-refractivity contribution in [2.75, 3.05) is 10.9 Å². The molecule has 24 heavy (non-hydrogen) atoms. The minimum atomic E-state index is 0.602. The van der Waals surface area contributed by atoms with Crippen LogP contribution in [0.25, 0.3) is 10.8 Å². The van der Waals surface area contributed by atoms with Crippen LogP contribution in [0.2, 0.25) is 0 Å². The molecule has 0 aliphatic rings. The van der Waals surface area contributed by atoms with Crippen molar-refractivity contribution in [2.24, 2.45) is 10.2 Å². The van der Waals surface area contributed by atoms with Gasteiger partial charge in [-0.3, -0.25) is 10.9 Å². The van der Waals surface area contributed by atoms with E-state index < -0.39 is 0 Å². The molecule has 1 heterocycles. The number of hydrazone groups is 2. The molecule has 124 valence electrons. The lowest BCUT2D eigenvalue weighted by Crippen LogP contribution is -2.01. The number of nitrogens with one attached hydrogen (secondary N) is 2. The van der Waals surface area contributed by atoms with Crippen LogP contribution >= 0.6 is 0 Å². The fraction of sp³-hybridized carbons (Fsp3) is 0.222. The van der Waals surface area contributed by atoms with E-state index in [1.54, 1.807) is 12.4 Å². The largest absolute Gasteiger partial charge is 0.259 e. The molecule has 6 nitrogen and oxygen atoms in total. The van der Waals surface area contributed by atoms with Crippen LogP contribution in [-0.4, -0.2) is 22.6 Å². The highest BCUT2D eigenvalue weighted by molar-refractivity contribution is 5.98. The van der Waals surface area contributed by atoms with E-state index in [0.29, 0.717) is 11.6 Å². The van der Waals surface area contributed by atoms with Gasteiger partial charge in [0.2, 0.25) is 0 Å². The molecule has 1 aromatic heterocycles. The van der Waals surface area contributed by atoms with Crippen molar-refractivity contribution in [2.45, 2.75) is 27.7 Å². The van der Waals surface area contributed by atoms with Gasteiger partial charge in [0.15, 0.2) is 11.6 Å². The maximum atomic E-state index is 4.20. The zero-order chi connectivity index (χ0) is 17.4. The number of nitrogens with zero attached hydrogens (tertiary/aromatic N) is 4. The Hall–Kier alpha value is -3.02. The lowest BCUT2D eigenvalue weighted by Gasteiger charge is -2.07. The molecule has 2 rings (SSSR count). The van der Waals surface area contributed by atoms with E-state index >= 15 is 0 Å². The van der Waals surface area contributed by atoms with E-state index in [0.717, 1.165) is 21.9 Å². The van der Waals surface area contributed by atoms with Gasteiger partial charge >= 0.3 is 0 Å². The Labute approximate surface area is 142 Å². The highest BCUT2D eigenvalue weighted by Crippen LogP contribution is 2.25. The average molecular weight is 322 g/mol. The molecule has 0 saturated heterocycles. The Bertz CT molecular complexity index is 749. The molecule has 0 aliphatic heterocycles. The predicted octanol–water partition coefficient (Wildman–Crippen LogP) is 4.36. The maximum absolute atomic E-state index is 4.20. The van der Waals surface area contributed by atoms with E-state index in [9.17, 15) is 0 Å². The summed E-state index contributed by atoms with van der Waals surface area (Å²) in [6.07, 6.45) is 7.44. The standard InChI is InChI=1S/C18H22N6/c1-5-13(3)11-19-21-17-15-9-7-8-10-16(15)18(24-23-17)22-20-12-14(4)6-2/h5-12H,1-4H3,(H,21,23)(H,22,24)/b13-5-,14-6-,19-11-,20-12+. The van der Waals surface area contributed by atoms with Crippen LogP contribution in [-0.2, 0) is 0 Å². The Kier molecular flexibility index (Phi) is 6.19. The molecule has 0 fully saturated rings. The van der Waals surface area contributed by atoms with E-state index in [1.807, 2.05) is 64.1 Å². The van der Waals surface area contributed by atoms with E-state index in [-0.39, 0.29) is 0 Å². The summed E-state index contributed by atoms with van der Waals surface area (Å²) in [5, 5.41) is 18.6. The van der Waals surface area contributed by atoms with Gasteiger partial charge in [-0.1, -0.05) is 36.4 Å². The van der Waals surface area contributed by atoms with Crippen molar-refractivity contribution in [1.82, 2.24) is 10.2 Å². The fourth-order valence-electron chi connectivity index (χ4n) is 1.81. The number of benzene rings is 1. The lowest BCUT2D eigenvalue weighted by molar-refractivity contribution is 1.03. The predicted molar refractivity (Wildman–Crippen MR) is 103 cm³/mol. The molecule has 0 spiro atoms. The molecular weight excluding hydrogens is 300 g/mol. The monoisotopic (exact) mass is 322 g/mol. The minimum absolute atomic E-state index is 0.602. The van der Waals surface area contributed by atoms with Crippen LogP contribution < -0.4 is 10.9 Å². The number of hydrogen-bond acceptors (Lipinski definition) is 6. The van der Waals surface area contributed by atoms with Gasteiger partial charge < -0.3 is 0 Å². The van der Waals surface area contributed by atoms with Gasteiger partial charge in [-0.15, -0.1) is 10.2 Å². The van der Waals surface area contributed by atoms with Crippen molar-refractivity contribution < 1.29 is 0 Å². The summed E-state index contributed by atoms with van der Waals surface area (Å²) in [6, 6.07) is 7.84. The van der Waals surface area contributed by atoms with Crippen LogP contribution in [0.5, 0.6) is 0 Å². The molecule has 0 radical (unpaired) electrons. The van der Waals surface area contributed by atoms with Gasteiger partial charge in [0, 0.05) is 23.2 Å². The number of rotatable bonds is 6. The summed E-state index contributed by atoms with van der Waals surface area (Å²) >= 11 is 0. The molecule has 0 bridgehead atoms. The van der Waals surface area contributed by atoms with Gasteiger partial charge in [-0.05, 0) is 38.8 Å². The number of aromatic nitrogens is 2. The Morgan fingerprint density at radius 3 is 1.62 bits per heavy atom. The van der Waals surface area contributed by atoms with Crippen molar-refractivity contribution in [3.63, 3.8) is 0 Å². The summed E-state index contributed by atoms with van der Waals surface area (Å²) in [5.41, 5.74) is 8.01. The van der Waals surface area contributed by atoms with E-state index in [4.69, 9.17) is 0 Å². The second kappa shape index (κ2) is 8.57. The van der Waals surface area contributed by atoms with Crippen LogP contribution in [0, 0.1) is 0 Å². The Balaban J connectivity index is 2.29. The van der Waals surface area contributed by atoms with Gasteiger partial charge in [-0.25, -0.2) is 0 Å². The SMILES string of the molecule is C/C=C(C)\C=N/Nc1nnc(N/N=C/C(C)=C\C)c2ccccc12. The van der Waals surface area contributed by atoms with Gasteiger partial charge in [0.25, 0.3) is 0 Å². The fourth-order valence-corrected chi connectivity index (χ4v) is 1.81. The third-order valence-corrected chi connectivity index (χ3v) is 3.48. The second-order valence-electron chi connectivity index (χ2n) is 5.25. The van der Waals surface area contributed by atoms with Gasteiger partial charge in [-0.2, -0.15) is 10.2 Å². The van der Waals surface area contributed by atoms with Crippen molar-refractivity contribution in [3.05, 3.63) is 47.6 Å². The third-order valence-electron chi connectivity index (χ3n) is 3.48. The molecule has 6 heteroatoms. The van der Waals surface area contributed by atoms with Gasteiger partial charge in [0.05, 0.1) is 0 Å². The van der Waals surface area contributed by atoms with Crippen LogP contribution in [0.4, 0.5) is 11.6 Å². The van der Waals surface area contributed by atoms with Crippen LogP contribution in [0.15, 0.2) is 57.8 Å². The molecular formula is C18H22N6. The molecule has 0 aliphatic carbocycles. The molecule has 0 saturated carbocycles. The number of anilines is 2. The zero-order valence-corrected chi connectivity index (χ0v) is 14.4. The molecule has 2 aromatic rings. The normalized spacial score (nSPS) is 13.2. The summed E-state index contributed by atoms with van der Waals surface area (Å²) < 4.78 is 0. The number of hydrogen-bond donors (Lipinski definition) is 2. The highest BCUT2D eigenvalue weighted by Gasteiger charge is 2.07. The Morgan fingerprint density at radius 1 is 0.833 bits per heavy atom. The second-order valence-corrected chi connectivity index (χ2v) is 5.25. The van der Waals surface area contributed by atoms with E-state index in [2.05, 4.69) is 31.3 Å². The maximum Gasteiger partial charge on any atom is 0.176 e. The van der Waals surface area contributed by atoms with Crippen molar-refractivity contribution >= 4 is 34.8 Å². The summed E-state index contributed by atoms with van der Waals surface area (Å²) in [4.78, 5) is 0. The number of allylic oxidation sites excluding steroid dienone is 4. The topological polar surface area (TPSA) is 74.6 Å². The summed E-state index contributed by atoms with van der Waals surface area (Å²) in [7, 11) is 0. The van der Waals surface area contributed by atoms with Crippen LogP contribution in [0.1, 0.15) is 27.7 Å². The molecule has 1 aromatic carbocycles. The lowest BCUT2D eigenvalue weighted by atomic mass is 10.2. The molecule has 0 atom stereocenters. The first kappa shape index (κ1) is 17.3. The molecule has 0 unspecified atom stereocenters. The highest BCUT2D eigenvalue weighted by atomic mass is 15.4. The van der Waals surface area contributed by atoms with Crippen LogP contribution in [0.3, 0.4) is 0 Å². The van der Waals surface area contributed by atoms with Crippen molar-refractivity contribution in [1.29, 1.82) is 0 Å². The number of fused-ring (bicyclic) bond motifs is 1.